The largest absolute Gasteiger partial charge is 0.504 e. The van der Waals surface area contributed by atoms with E-state index in [1.165, 1.54) is 13.4 Å². The number of methoxy groups -OCH3 is 1. The van der Waals surface area contributed by atoms with Crippen LogP contribution in [0.4, 0.5) is 0 Å². The first-order valence-electron chi connectivity index (χ1n) is 3.21. The van der Waals surface area contributed by atoms with E-state index < -0.39 is 0 Å². The zero-order chi connectivity index (χ0) is 8.69. The molecule has 0 unspecified atom stereocenters. The molecule has 0 N–H and O–H groups in total. The highest BCUT2D eigenvalue weighted by atomic mass is 79.9. The highest BCUT2D eigenvalue weighted by molar-refractivity contribution is 9.09. The second-order valence-electron chi connectivity index (χ2n) is 1.73. The number of alkyl halides is 1. The Labute approximate surface area is 74.5 Å². The predicted octanol–water partition coefficient (Wildman–Crippen LogP) is 1.47. The summed E-state index contributed by atoms with van der Waals surface area (Å²) < 4.78 is 9.40. The van der Waals surface area contributed by atoms with E-state index in [2.05, 4.69) is 20.7 Å². The molecule has 0 rings (SSSR count). The number of carbonyl (C=O) groups is 1. The Kier molecular flexibility index (Phi) is 5.93. The van der Waals surface area contributed by atoms with Crippen LogP contribution < -0.4 is 0 Å². The van der Waals surface area contributed by atoms with E-state index in [1.807, 2.05) is 0 Å². The van der Waals surface area contributed by atoms with Gasteiger partial charge in [0.05, 0.1) is 25.6 Å². The van der Waals surface area contributed by atoms with Crippen molar-refractivity contribution in [2.75, 3.05) is 19.0 Å². The van der Waals surface area contributed by atoms with Crippen molar-refractivity contribution in [1.29, 1.82) is 0 Å². The van der Waals surface area contributed by atoms with Gasteiger partial charge in [0, 0.05) is 5.33 Å². The summed E-state index contributed by atoms with van der Waals surface area (Å²) in [4.78, 5) is 11.0. The fraction of sp³-hybridized carbons (Fsp3) is 0.571. The van der Waals surface area contributed by atoms with Gasteiger partial charge in [-0.1, -0.05) is 15.9 Å². The average molecular weight is 223 g/mol. The van der Waals surface area contributed by atoms with Crippen molar-refractivity contribution >= 4 is 21.9 Å². The molecule has 0 heterocycles. The maximum atomic E-state index is 11.0. The van der Waals surface area contributed by atoms with Crippen LogP contribution in [-0.2, 0) is 14.3 Å². The highest BCUT2D eigenvalue weighted by Gasteiger charge is 2.08. The molecule has 0 aromatic rings. The van der Waals surface area contributed by atoms with Crippen molar-refractivity contribution in [2.24, 2.45) is 0 Å². The summed E-state index contributed by atoms with van der Waals surface area (Å²) in [6.07, 6.45) is 1.37. The zero-order valence-electron chi connectivity index (χ0n) is 6.59. The lowest BCUT2D eigenvalue weighted by Gasteiger charge is -2.01. The maximum Gasteiger partial charge on any atom is 0.337 e. The van der Waals surface area contributed by atoms with Crippen molar-refractivity contribution in [3.8, 4) is 0 Å². The van der Waals surface area contributed by atoms with E-state index >= 15 is 0 Å². The number of hydrogen-bond donors (Lipinski definition) is 0. The zero-order valence-corrected chi connectivity index (χ0v) is 8.18. The van der Waals surface area contributed by atoms with Crippen LogP contribution in [0.2, 0.25) is 0 Å². The van der Waals surface area contributed by atoms with Crippen LogP contribution in [0, 0.1) is 0 Å². The fourth-order valence-corrected chi connectivity index (χ4v) is 0.861. The molecule has 0 aromatic carbocycles. The molecule has 0 fully saturated rings. The molecular formula is C7H11BrO3. The monoisotopic (exact) mass is 222 g/mol. The lowest BCUT2D eigenvalue weighted by molar-refractivity contribution is -0.138. The standard InChI is InChI=1S/C7H11BrO3/c1-3-11-7(9)6(4-8)5-10-2/h5H,3-4H2,1-2H3/b6-5-. The molecule has 0 saturated heterocycles. The molecule has 0 atom stereocenters. The molecule has 3 nitrogen and oxygen atoms in total. The minimum absolute atomic E-state index is 0.341. The molecule has 0 aliphatic heterocycles. The van der Waals surface area contributed by atoms with Crippen LogP contribution in [-0.4, -0.2) is 25.0 Å². The van der Waals surface area contributed by atoms with Gasteiger partial charge in [-0.15, -0.1) is 0 Å². The van der Waals surface area contributed by atoms with E-state index in [4.69, 9.17) is 4.74 Å². The molecule has 0 bridgehead atoms. The lowest BCUT2D eigenvalue weighted by atomic mass is 10.3. The van der Waals surface area contributed by atoms with Crippen LogP contribution >= 0.6 is 15.9 Å². The Hall–Kier alpha value is -0.510. The van der Waals surface area contributed by atoms with Gasteiger partial charge in [0.2, 0.25) is 0 Å². The number of carbonyl (C=O) groups excluding carboxylic acids is 1. The van der Waals surface area contributed by atoms with E-state index in [-0.39, 0.29) is 5.97 Å². The van der Waals surface area contributed by atoms with Crippen LogP contribution in [0.5, 0.6) is 0 Å². The third-order valence-corrected chi connectivity index (χ3v) is 1.55. The van der Waals surface area contributed by atoms with Gasteiger partial charge in [-0.3, -0.25) is 0 Å². The number of ether oxygens (including phenoxy) is 2. The van der Waals surface area contributed by atoms with Gasteiger partial charge in [-0.2, -0.15) is 0 Å². The molecule has 0 spiro atoms. The fourth-order valence-electron chi connectivity index (χ4n) is 0.500. The van der Waals surface area contributed by atoms with Crippen LogP contribution in [0.3, 0.4) is 0 Å². The van der Waals surface area contributed by atoms with Crippen molar-refractivity contribution in [3.63, 3.8) is 0 Å². The summed E-state index contributed by atoms with van der Waals surface area (Å²) in [6, 6.07) is 0. The van der Waals surface area contributed by atoms with Crippen molar-refractivity contribution in [1.82, 2.24) is 0 Å². The summed E-state index contributed by atoms with van der Waals surface area (Å²) in [5.41, 5.74) is 0.481. The quantitative estimate of drug-likeness (QED) is 0.313. The van der Waals surface area contributed by atoms with Crippen LogP contribution in [0.15, 0.2) is 11.8 Å². The van der Waals surface area contributed by atoms with Crippen LogP contribution in [0.25, 0.3) is 0 Å². The first-order valence-corrected chi connectivity index (χ1v) is 4.33. The topological polar surface area (TPSA) is 35.5 Å². The van der Waals surface area contributed by atoms with Crippen LogP contribution in [0.1, 0.15) is 6.92 Å². The number of esters is 1. The van der Waals surface area contributed by atoms with Crippen molar-refractivity contribution in [3.05, 3.63) is 11.8 Å². The molecule has 11 heavy (non-hydrogen) atoms. The van der Waals surface area contributed by atoms with Gasteiger partial charge < -0.3 is 9.47 Å². The Morgan fingerprint density at radius 3 is 2.64 bits per heavy atom. The molecule has 0 radical (unpaired) electrons. The SMILES string of the molecule is CCOC(=O)/C(=C\OC)CBr. The Balaban J connectivity index is 4.03. The molecule has 0 saturated carbocycles. The van der Waals surface area contributed by atoms with Gasteiger partial charge >= 0.3 is 5.97 Å². The third-order valence-electron chi connectivity index (χ3n) is 0.942. The van der Waals surface area contributed by atoms with Gasteiger partial charge in [0.15, 0.2) is 0 Å². The second kappa shape index (κ2) is 6.22. The molecule has 4 heteroatoms. The molecule has 64 valence electrons. The highest BCUT2D eigenvalue weighted by Crippen LogP contribution is 2.02. The molecule has 0 aromatic heterocycles. The number of hydrogen-bond acceptors (Lipinski definition) is 3. The molecule has 0 aliphatic rings. The third kappa shape index (κ3) is 4.03. The van der Waals surface area contributed by atoms with Crippen molar-refractivity contribution < 1.29 is 14.3 Å². The predicted molar refractivity (Wildman–Crippen MR) is 45.5 cm³/mol. The second-order valence-corrected chi connectivity index (χ2v) is 2.29. The Bertz CT molecular complexity index is 154. The minimum atomic E-state index is -0.341. The van der Waals surface area contributed by atoms with E-state index in [9.17, 15) is 4.79 Å². The summed E-state index contributed by atoms with van der Waals surface area (Å²) in [7, 11) is 1.49. The average Bonchev–Trinajstić information content (AvgIpc) is 2.00. The summed E-state index contributed by atoms with van der Waals surface area (Å²) in [6.45, 7) is 2.14. The normalized spacial score (nSPS) is 11.0. The maximum absolute atomic E-state index is 11.0. The molecule has 0 amide bonds. The molecule has 0 aliphatic carbocycles. The lowest BCUT2D eigenvalue weighted by Crippen LogP contribution is -2.08. The van der Waals surface area contributed by atoms with Gasteiger partial charge in [-0.25, -0.2) is 4.79 Å². The summed E-state index contributed by atoms with van der Waals surface area (Å²) in [5.74, 6) is -0.341. The minimum Gasteiger partial charge on any atom is -0.504 e. The Morgan fingerprint density at radius 2 is 2.27 bits per heavy atom. The summed E-state index contributed by atoms with van der Waals surface area (Å²) >= 11 is 3.14. The smallest absolute Gasteiger partial charge is 0.337 e. The van der Waals surface area contributed by atoms with E-state index in [0.717, 1.165) is 0 Å². The van der Waals surface area contributed by atoms with Crippen molar-refractivity contribution in [2.45, 2.75) is 6.92 Å². The Morgan fingerprint density at radius 1 is 1.64 bits per heavy atom. The van der Waals surface area contributed by atoms with Gasteiger partial charge in [0.25, 0.3) is 0 Å². The number of halogens is 1. The van der Waals surface area contributed by atoms with E-state index in [0.29, 0.717) is 17.5 Å². The first-order chi connectivity index (χ1) is 5.26. The van der Waals surface area contributed by atoms with Gasteiger partial charge in [-0.05, 0) is 6.92 Å². The summed E-state index contributed by atoms with van der Waals surface area (Å²) in [5, 5.41) is 0.444. The first kappa shape index (κ1) is 10.5. The van der Waals surface area contributed by atoms with Gasteiger partial charge in [0.1, 0.15) is 0 Å². The number of rotatable bonds is 4. The molecular weight excluding hydrogens is 212 g/mol. The van der Waals surface area contributed by atoms with E-state index in [1.54, 1.807) is 6.92 Å².